The van der Waals surface area contributed by atoms with Crippen LogP contribution in [0.5, 0.6) is 0 Å². The molecule has 0 aromatic carbocycles. The van der Waals surface area contributed by atoms with E-state index in [1.807, 2.05) is 0 Å². The summed E-state index contributed by atoms with van der Waals surface area (Å²) in [7, 11) is 0. The lowest BCUT2D eigenvalue weighted by atomic mass is 9.69. The van der Waals surface area contributed by atoms with E-state index in [9.17, 15) is 5.11 Å². The molecule has 0 amide bonds. The van der Waals surface area contributed by atoms with Crippen molar-refractivity contribution in [3.8, 4) is 0 Å². The molecule has 2 aliphatic heterocycles. The van der Waals surface area contributed by atoms with Gasteiger partial charge in [0.2, 0.25) is 0 Å². The van der Waals surface area contributed by atoms with E-state index < -0.39 is 0 Å². The maximum Gasteiger partial charge on any atom is 0.0631 e. The maximum atomic E-state index is 10.7. The van der Waals surface area contributed by atoms with E-state index in [0.29, 0.717) is 12.0 Å². The Balaban J connectivity index is 1.62. The first-order valence-electron chi connectivity index (χ1n) is 8.63. The highest BCUT2D eigenvalue weighted by Gasteiger charge is 2.41. The normalized spacial score (nSPS) is 42.6. The first-order valence-corrected chi connectivity index (χ1v) is 8.63. The number of piperazine rings is 1. The van der Waals surface area contributed by atoms with E-state index in [1.54, 1.807) is 0 Å². The number of nitrogens with zero attached hydrogens (tertiary/aromatic N) is 2. The fraction of sp³-hybridized carbons (Fsp3) is 1.00. The maximum absolute atomic E-state index is 10.7. The van der Waals surface area contributed by atoms with Gasteiger partial charge in [-0.05, 0) is 50.5 Å². The average molecular weight is 280 g/mol. The minimum absolute atomic E-state index is 0.112. The molecular formula is C17H32N2O. The predicted molar refractivity (Wildman–Crippen MR) is 82.8 cm³/mol. The van der Waals surface area contributed by atoms with Crippen molar-refractivity contribution >= 4 is 0 Å². The van der Waals surface area contributed by atoms with Gasteiger partial charge in [0.05, 0.1) is 6.10 Å². The van der Waals surface area contributed by atoms with Gasteiger partial charge in [-0.2, -0.15) is 0 Å². The molecule has 3 rings (SSSR count). The van der Waals surface area contributed by atoms with Crippen LogP contribution in [-0.2, 0) is 0 Å². The van der Waals surface area contributed by atoms with E-state index in [2.05, 4.69) is 30.6 Å². The highest BCUT2D eigenvalue weighted by molar-refractivity contribution is 4.94. The Morgan fingerprint density at radius 2 is 1.95 bits per heavy atom. The number of aliphatic hydroxyl groups is 1. The molecule has 0 aromatic rings. The zero-order valence-electron chi connectivity index (χ0n) is 13.5. The second-order valence-corrected chi connectivity index (χ2v) is 8.18. The molecule has 0 spiro atoms. The Bertz CT molecular complexity index is 344. The van der Waals surface area contributed by atoms with Crippen molar-refractivity contribution in [3.63, 3.8) is 0 Å². The monoisotopic (exact) mass is 280 g/mol. The zero-order chi connectivity index (χ0) is 14.3. The van der Waals surface area contributed by atoms with Gasteiger partial charge in [-0.15, -0.1) is 0 Å². The molecule has 1 saturated carbocycles. The smallest absolute Gasteiger partial charge is 0.0631 e. The van der Waals surface area contributed by atoms with Gasteiger partial charge in [-0.1, -0.05) is 20.3 Å². The van der Waals surface area contributed by atoms with Gasteiger partial charge in [-0.3, -0.25) is 9.80 Å². The van der Waals surface area contributed by atoms with E-state index in [1.165, 1.54) is 51.7 Å². The van der Waals surface area contributed by atoms with Crippen molar-refractivity contribution in [1.82, 2.24) is 9.80 Å². The lowest BCUT2D eigenvalue weighted by Crippen LogP contribution is -2.57. The van der Waals surface area contributed by atoms with Gasteiger partial charge in [0, 0.05) is 31.7 Å². The van der Waals surface area contributed by atoms with Gasteiger partial charge in [0.15, 0.2) is 0 Å². The first-order chi connectivity index (χ1) is 9.47. The number of aliphatic hydroxyl groups excluding tert-OH is 1. The second kappa shape index (κ2) is 5.58. The minimum atomic E-state index is -0.120. The molecule has 116 valence electrons. The van der Waals surface area contributed by atoms with Gasteiger partial charge in [0.25, 0.3) is 0 Å². The Morgan fingerprint density at radius 3 is 2.75 bits per heavy atom. The summed E-state index contributed by atoms with van der Waals surface area (Å²) in [5.74, 6) is 0.481. The third kappa shape index (κ3) is 2.77. The molecule has 3 nitrogen and oxygen atoms in total. The molecule has 3 fully saturated rings. The van der Waals surface area contributed by atoms with E-state index in [-0.39, 0.29) is 11.5 Å². The Labute approximate surface area is 124 Å². The Hall–Kier alpha value is -0.120. The molecule has 1 aliphatic carbocycles. The summed E-state index contributed by atoms with van der Waals surface area (Å²) in [6.45, 7) is 11.7. The molecule has 0 aromatic heterocycles. The molecule has 1 N–H and O–H groups in total. The van der Waals surface area contributed by atoms with Gasteiger partial charge in [0.1, 0.15) is 0 Å². The van der Waals surface area contributed by atoms with Crippen LogP contribution >= 0.6 is 0 Å². The van der Waals surface area contributed by atoms with Crippen LogP contribution in [0.2, 0.25) is 0 Å². The summed E-state index contributed by atoms with van der Waals surface area (Å²) in [6, 6.07) is 1.45. The SMILES string of the molecule is CC1CN2CCCC2CN1CC1CCCC(C)(C)C1O. The second-order valence-electron chi connectivity index (χ2n) is 8.18. The van der Waals surface area contributed by atoms with Crippen LogP contribution in [0.3, 0.4) is 0 Å². The molecule has 2 heterocycles. The Morgan fingerprint density at radius 1 is 1.15 bits per heavy atom. The molecule has 0 radical (unpaired) electrons. The van der Waals surface area contributed by atoms with Crippen molar-refractivity contribution in [2.45, 2.75) is 71.1 Å². The quantitative estimate of drug-likeness (QED) is 0.841. The largest absolute Gasteiger partial charge is 0.392 e. The van der Waals surface area contributed by atoms with E-state index in [0.717, 1.165) is 12.6 Å². The van der Waals surface area contributed by atoms with Crippen LogP contribution < -0.4 is 0 Å². The molecule has 4 unspecified atom stereocenters. The summed E-state index contributed by atoms with van der Waals surface area (Å²) in [5.41, 5.74) is 0.112. The van der Waals surface area contributed by atoms with Crippen LogP contribution in [0.25, 0.3) is 0 Å². The third-order valence-electron chi connectivity index (χ3n) is 6.18. The highest BCUT2D eigenvalue weighted by atomic mass is 16.3. The summed E-state index contributed by atoms with van der Waals surface area (Å²) in [4.78, 5) is 5.35. The zero-order valence-corrected chi connectivity index (χ0v) is 13.5. The van der Waals surface area contributed by atoms with Crippen LogP contribution in [0.4, 0.5) is 0 Å². The van der Waals surface area contributed by atoms with E-state index >= 15 is 0 Å². The van der Waals surface area contributed by atoms with Gasteiger partial charge < -0.3 is 5.11 Å². The molecule has 3 aliphatic rings. The summed E-state index contributed by atoms with van der Waals surface area (Å²) in [5, 5.41) is 10.7. The number of hydrogen-bond donors (Lipinski definition) is 1. The highest BCUT2D eigenvalue weighted by Crippen LogP contribution is 2.39. The van der Waals surface area contributed by atoms with Crippen molar-refractivity contribution in [2.75, 3.05) is 26.2 Å². The van der Waals surface area contributed by atoms with Crippen LogP contribution in [0.1, 0.15) is 52.9 Å². The topological polar surface area (TPSA) is 26.7 Å². The van der Waals surface area contributed by atoms with Crippen molar-refractivity contribution in [2.24, 2.45) is 11.3 Å². The van der Waals surface area contributed by atoms with Crippen molar-refractivity contribution in [3.05, 3.63) is 0 Å². The molecular weight excluding hydrogens is 248 g/mol. The lowest BCUT2D eigenvalue weighted by Gasteiger charge is -2.47. The molecule has 0 bridgehead atoms. The van der Waals surface area contributed by atoms with Gasteiger partial charge >= 0.3 is 0 Å². The standard InChI is InChI=1S/C17H32N2O/c1-13-10-18-9-5-7-15(18)12-19(13)11-14-6-4-8-17(2,3)16(14)20/h13-16,20H,4-12H2,1-3H3. The van der Waals surface area contributed by atoms with Crippen molar-refractivity contribution < 1.29 is 5.11 Å². The fourth-order valence-corrected chi connectivity index (χ4v) is 4.76. The molecule has 3 heteroatoms. The van der Waals surface area contributed by atoms with Crippen molar-refractivity contribution in [1.29, 1.82) is 0 Å². The van der Waals surface area contributed by atoms with Gasteiger partial charge in [-0.25, -0.2) is 0 Å². The minimum Gasteiger partial charge on any atom is -0.392 e. The summed E-state index contributed by atoms with van der Waals surface area (Å²) in [6.07, 6.45) is 6.31. The molecule has 2 saturated heterocycles. The summed E-state index contributed by atoms with van der Waals surface area (Å²) < 4.78 is 0. The Kier molecular flexibility index (Phi) is 4.13. The number of hydrogen-bond acceptors (Lipinski definition) is 3. The van der Waals surface area contributed by atoms with E-state index in [4.69, 9.17) is 0 Å². The summed E-state index contributed by atoms with van der Waals surface area (Å²) >= 11 is 0. The fourth-order valence-electron chi connectivity index (χ4n) is 4.76. The average Bonchev–Trinajstić information content (AvgIpc) is 2.82. The lowest BCUT2D eigenvalue weighted by molar-refractivity contribution is -0.0554. The molecule has 4 atom stereocenters. The van der Waals surface area contributed by atoms with Crippen LogP contribution in [0.15, 0.2) is 0 Å². The van der Waals surface area contributed by atoms with Crippen LogP contribution in [0, 0.1) is 11.3 Å². The van der Waals surface area contributed by atoms with Crippen LogP contribution in [-0.4, -0.2) is 59.3 Å². The predicted octanol–water partition coefficient (Wildman–Crippen LogP) is 2.34. The first kappa shape index (κ1) is 14.8. The molecule has 20 heavy (non-hydrogen) atoms. The number of rotatable bonds is 2. The number of fused-ring (bicyclic) bond motifs is 1. The third-order valence-corrected chi connectivity index (χ3v) is 6.18.